The molecule has 6 nitrogen and oxygen atoms in total. The summed E-state index contributed by atoms with van der Waals surface area (Å²) < 4.78 is 7.16. The number of aromatic nitrogens is 6. The van der Waals surface area contributed by atoms with Crippen molar-refractivity contribution in [3.05, 3.63) is 479 Å². The first-order valence-corrected chi connectivity index (χ1v) is 46.2. The van der Waals surface area contributed by atoms with Crippen molar-refractivity contribution >= 4 is 185 Å². The number of hydrogen-bond donors (Lipinski definition) is 3. The molecular weight excluding hydrogens is 1620 g/mol. The van der Waals surface area contributed by atoms with Gasteiger partial charge in [-0.05, 0) is 248 Å². The number of H-pyrrole nitrogens is 3. The molecule has 134 heavy (non-hydrogen) atoms. The van der Waals surface area contributed by atoms with Crippen molar-refractivity contribution in [3.63, 3.8) is 0 Å². The SMILES string of the molecule is c1ccc(-n2c3ccccc3c3ccc(-c4ccc(-c5cc6[nH]c7ccccc7c6c6ccccc56)c5ccccc45)cc32)cc1.c1ccc(-n2c3ccccc3c3ccc(-c4ccc5cc(-c6cc7[nH]c8ccccc8c7c7ccccc67)ccc5c4)cc32)cc1.c1ccc(-n2c3ccccc3c3ccc(-c4cccc(-c5cc6[nH]c7ccccc7c6c6ccccc56)c4)cc32)cc1. The molecule has 0 aliphatic rings. The monoisotopic (exact) mass is 1700 g/mol. The molecule has 6 heteroatoms. The van der Waals surface area contributed by atoms with Crippen molar-refractivity contribution in [1.82, 2.24) is 28.7 Å². The minimum Gasteiger partial charge on any atom is -0.354 e. The number of nitrogens with one attached hydrogen (secondary N) is 3. The normalized spacial score (nSPS) is 11.9. The number of nitrogens with zero attached hydrogens (tertiary/aromatic N) is 3. The second-order valence-corrected chi connectivity index (χ2v) is 35.5. The van der Waals surface area contributed by atoms with Gasteiger partial charge in [0.1, 0.15) is 0 Å². The third-order valence-electron chi connectivity index (χ3n) is 28.1. The summed E-state index contributed by atoms with van der Waals surface area (Å²) in [6, 6.07) is 174. The Balaban J connectivity index is 0.000000102. The van der Waals surface area contributed by atoms with Gasteiger partial charge in [-0.2, -0.15) is 0 Å². The van der Waals surface area contributed by atoms with Crippen molar-refractivity contribution in [2.75, 3.05) is 0 Å². The maximum absolute atomic E-state index is 3.71. The standard InChI is InChI=1S/2C44H28N2.C40H26N2/c1-2-10-33(11-3-1)46-42-17-9-7-13-35(42)36-23-22-31(26-43(36)46)29-18-19-30-25-32(21-20-28(30)24-29)39-27-41-44(37-14-5-4-12-34(37)39)38-15-6-8-16-40(38)45-41;1-2-12-29(13-3-1)46-42-21-11-9-17-35(42)36-23-22-28(26-43(36)46)30-24-25-34(32-15-5-4-14-31(30)32)39-27-41-44(37-18-7-6-16-33(37)39)38-19-8-10-20-40(38)45-41;1-2-13-29(14-3-1)42-38-20-9-7-16-31(38)32-22-21-27(24-39(32)42)26-11-10-12-28(23-26)35-25-37-40(33-17-5-4-15-30(33)35)34-18-6-8-19-36(34)41-37/h2*1-27,45H;1-25,41H. The molecule has 0 radical (unpaired) electrons. The summed E-state index contributed by atoms with van der Waals surface area (Å²) in [4.78, 5) is 11.1. The third kappa shape index (κ3) is 12.3. The fourth-order valence-electron chi connectivity index (χ4n) is 22.1. The molecule has 0 bridgehead atoms. The summed E-state index contributed by atoms with van der Waals surface area (Å²) in [5, 5.41) is 27.9. The molecule has 0 unspecified atom stereocenters. The van der Waals surface area contributed by atoms with Gasteiger partial charge in [0, 0.05) is 115 Å². The molecule has 0 fully saturated rings. The molecule has 0 atom stereocenters. The lowest BCUT2D eigenvalue weighted by Crippen LogP contribution is -1.93. The van der Waals surface area contributed by atoms with Crippen LogP contribution in [0.5, 0.6) is 0 Å². The number of fused-ring (bicyclic) bond motifs is 26. The van der Waals surface area contributed by atoms with E-state index in [9.17, 15) is 0 Å². The van der Waals surface area contributed by atoms with E-state index in [-0.39, 0.29) is 0 Å². The Morgan fingerprint density at radius 2 is 0.388 bits per heavy atom. The highest BCUT2D eigenvalue weighted by Gasteiger charge is 2.23. The van der Waals surface area contributed by atoms with Gasteiger partial charge in [-0.3, -0.25) is 0 Å². The van der Waals surface area contributed by atoms with E-state index < -0.39 is 0 Å². The van der Waals surface area contributed by atoms with Crippen LogP contribution in [0, 0.1) is 0 Å². The van der Waals surface area contributed by atoms with Gasteiger partial charge in [0.15, 0.2) is 0 Å². The van der Waals surface area contributed by atoms with Crippen molar-refractivity contribution in [2.24, 2.45) is 0 Å². The van der Waals surface area contributed by atoms with E-state index in [1.165, 1.54) is 269 Å². The van der Waals surface area contributed by atoms with Crippen LogP contribution in [-0.2, 0) is 0 Å². The maximum Gasteiger partial charge on any atom is 0.0547 e. The summed E-state index contributed by atoms with van der Waals surface area (Å²) in [5.74, 6) is 0. The van der Waals surface area contributed by atoms with Crippen LogP contribution in [0.4, 0.5) is 0 Å². The quantitative estimate of drug-likeness (QED) is 0.129. The zero-order valence-electron chi connectivity index (χ0n) is 73.0. The molecule has 0 saturated heterocycles. The van der Waals surface area contributed by atoms with Gasteiger partial charge in [0.05, 0.1) is 33.1 Å². The van der Waals surface area contributed by atoms with Crippen LogP contribution in [-0.4, -0.2) is 28.7 Å². The number of aromatic amines is 3. The van der Waals surface area contributed by atoms with Crippen LogP contribution in [0.25, 0.3) is 269 Å². The van der Waals surface area contributed by atoms with Crippen molar-refractivity contribution in [2.45, 2.75) is 0 Å². The average Bonchev–Trinajstić information content (AvgIpc) is 1.67. The van der Waals surface area contributed by atoms with Gasteiger partial charge in [0.25, 0.3) is 0 Å². The van der Waals surface area contributed by atoms with Gasteiger partial charge in [-0.15, -0.1) is 0 Å². The molecule has 6 aromatic heterocycles. The lowest BCUT2D eigenvalue weighted by molar-refractivity contribution is 1.18. The molecular formula is C128H82N6. The van der Waals surface area contributed by atoms with Crippen LogP contribution in [0.3, 0.4) is 0 Å². The summed E-state index contributed by atoms with van der Waals surface area (Å²) in [7, 11) is 0. The zero-order chi connectivity index (χ0) is 88.0. The van der Waals surface area contributed by atoms with E-state index in [4.69, 9.17) is 0 Å². The molecule has 23 aromatic carbocycles. The van der Waals surface area contributed by atoms with Crippen LogP contribution < -0.4 is 0 Å². The van der Waals surface area contributed by atoms with E-state index >= 15 is 0 Å². The lowest BCUT2D eigenvalue weighted by Gasteiger charge is -2.15. The smallest absolute Gasteiger partial charge is 0.0547 e. The lowest BCUT2D eigenvalue weighted by atomic mass is 9.89. The highest BCUT2D eigenvalue weighted by molar-refractivity contribution is 6.28. The summed E-state index contributed by atoms with van der Waals surface area (Å²) in [6.45, 7) is 0. The molecule has 6 heterocycles. The largest absolute Gasteiger partial charge is 0.354 e. The van der Waals surface area contributed by atoms with Crippen molar-refractivity contribution < 1.29 is 0 Å². The van der Waals surface area contributed by atoms with Crippen LogP contribution in [0.1, 0.15) is 0 Å². The van der Waals surface area contributed by atoms with Gasteiger partial charge >= 0.3 is 0 Å². The molecule has 3 N–H and O–H groups in total. The molecule has 624 valence electrons. The molecule has 0 saturated carbocycles. The summed E-state index contributed by atoms with van der Waals surface area (Å²) in [6.07, 6.45) is 0. The second kappa shape index (κ2) is 31.0. The molecule has 0 aliphatic heterocycles. The molecule has 0 amide bonds. The first kappa shape index (κ1) is 76.2. The van der Waals surface area contributed by atoms with E-state index in [1.54, 1.807) is 0 Å². The van der Waals surface area contributed by atoms with Gasteiger partial charge in [-0.25, -0.2) is 0 Å². The Labute approximate surface area is 771 Å². The Bertz CT molecular complexity index is 9840. The van der Waals surface area contributed by atoms with E-state index in [0.717, 1.165) is 0 Å². The van der Waals surface area contributed by atoms with Gasteiger partial charge in [-0.1, -0.05) is 352 Å². The van der Waals surface area contributed by atoms with Crippen LogP contribution >= 0.6 is 0 Å². The third-order valence-corrected chi connectivity index (χ3v) is 28.1. The summed E-state index contributed by atoms with van der Waals surface area (Å²) in [5.41, 5.74) is 32.6. The highest BCUT2D eigenvalue weighted by Crippen LogP contribution is 2.48. The fraction of sp³-hybridized carbons (Fsp3) is 0. The topological polar surface area (TPSA) is 62.2 Å². The zero-order valence-corrected chi connectivity index (χ0v) is 73.0. The first-order valence-electron chi connectivity index (χ1n) is 46.2. The molecule has 0 aliphatic carbocycles. The number of benzene rings is 23. The van der Waals surface area contributed by atoms with E-state index in [2.05, 4.69) is 508 Å². The summed E-state index contributed by atoms with van der Waals surface area (Å²) >= 11 is 0. The fourth-order valence-corrected chi connectivity index (χ4v) is 22.1. The molecule has 0 spiro atoms. The predicted octanol–water partition coefficient (Wildman–Crippen LogP) is 35.0. The Morgan fingerprint density at radius 3 is 0.813 bits per heavy atom. The number of rotatable bonds is 9. The van der Waals surface area contributed by atoms with Gasteiger partial charge in [0.2, 0.25) is 0 Å². The van der Waals surface area contributed by atoms with Crippen LogP contribution in [0.2, 0.25) is 0 Å². The minimum atomic E-state index is 1.17. The Hall–Kier alpha value is -17.8. The Kier molecular flexibility index (Phi) is 17.6. The maximum atomic E-state index is 3.71. The van der Waals surface area contributed by atoms with Crippen LogP contribution in [0.15, 0.2) is 479 Å². The minimum absolute atomic E-state index is 1.17. The number of hydrogen-bond acceptors (Lipinski definition) is 0. The average molecular weight is 1700 g/mol. The van der Waals surface area contributed by atoms with Gasteiger partial charge < -0.3 is 28.7 Å². The van der Waals surface area contributed by atoms with E-state index in [1.807, 2.05) is 0 Å². The molecule has 29 rings (SSSR count). The first-order chi connectivity index (χ1) is 66.5. The Morgan fingerprint density at radius 1 is 0.127 bits per heavy atom. The molecule has 29 aromatic rings. The van der Waals surface area contributed by atoms with Crippen molar-refractivity contribution in [3.8, 4) is 83.8 Å². The van der Waals surface area contributed by atoms with Crippen molar-refractivity contribution in [1.29, 1.82) is 0 Å². The number of para-hydroxylation sites is 9. The highest BCUT2D eigenvalue weighted by atomic mass is 15.0. The predicted molar refractivity (Wildman–Crippen MR) is 571 cm³/mol. The van der Waals surface area contributed by atoms with E-state index in [0.29, 0.717) is 0 Å². The second-order valence-electron chi connectivity index (χ2n) is 35.5.